The van der Waals surface area contributed by atoms with Gasteiger partial charge in [0.15, 0.2) is 5.71 Å². The molecule has 0 fully saturated rings. The minimum atomic E-state index is -4.46. The van der Waals surface area contributed by atoms with Crippen LogP contribution in [0.3, 0.4) is 0 Å². The molecule has 3 heterocycles. The Hall–Kier alpha value is -5.65. The summed E-state index contributed by atoms with van der Waals surface area (Å²) in [4.78, 5) is 33.9. The number of amides is 2. The van der Waals surface area contributed by atoms with Crippen LogP contribution < -0.4 is 15.5 Å². The second-order valence-corrected chi connectivity index (χ2v) is 19.4. The molecule has 2 aromatic carbocycles. The predicted octanol–water partition coefficient (Wildman–Crippen LogP) is 7.60. The normalized spacial score (nSPS) is 16.2. The second kappa shape index (κ2) is 20.0. The molecule has 0 saturated heterocycles. The topological polar surface area (TPSA) is 235 Å². The summed E-state index contributed by atoms with van der Waals surface area (Å²) in [5.41, 5.74) is 15.3. The number of nitrogens with one attached hydrogen (secondary N) is 2. The Bertz CT molecular complexity index is 2580. The number of benzene rings is 2. The first-order valence-electron chi connectivity index (χ1n) is 20.4. The lowest BCUT2D eigenvalue weighted by molar-refractivity contribution is -0.437. The zero-order valence-corrected chi connectivity index (χ0v) is 37.3. The van der Waals surface area contributed by atoms with E-state index in [0.29, 0.717) is 35.5 Å². The molecule has 1 aromatic heterocycles. The Labute approximate surface area is 363 Å². The molecule has 0 atom stereocenters. The fraction of sp³-hybridized carbons (Fsp3) is 0.409. The van der Waals surface area contributed by atoms with Gasteiger partial charge < -0.3 is 15.5 Å². The average molecular weight is 888 g/mol. The van der Waals surface area contributed by atoms with Crippen molar-refractivity contribution in [3.8, 4) is 0 Å². The van der Waals surface area contributed by atoms with Crippen molar-refractivity contribution in [1.82, 2.24) is 10.3 Å². The van der Waals surface area contributed by atoms with Crippen LogP contribution in [0.5, 0.6) is 0 Å². The molecule has 0 spiro atoms. The Morgan fingerprint density at radius 1 is 0.903 bits per heavy atom. The molecule has 2 aliphatic rings. The number of allylic oxidation sites excluding steroid dienone is 6. The Kier molecular flexibility index (Phi) is 15.3. The van der Waals surface area contributed by atoms with Gasteiger partial charge in [-0.25, -0.2) is 0 Å². The highest BCUT2D eigenvalue weighted by Crippen LogP contribution is 2.48. The molecule has 62 heavy (non-hydrogen) atoms. The molecule has 0 aliphatic carbocycles. The zero-order chi connectivity index (χ0) is 45.3. The van der Waals surface area contributed by atoms with Crippen molar-refractivity contribution in [3.05, 3.63) is 124 Å². The van der Waals surface area contributed by atoms with E-state index in [1.165, 1.54) is 23.9 Å². The number of hydrogen-bond acceptors (Lipinski definition) is 9. The summed E-state index contributed by atoms with van der Waals surface area (Å²) < 4.78 is 68.1. The van der Waals surface area contributed by atoms with Crippen LogP contribution in [0, 0.1) is 6.92 Å². The molecular weight excluding hydrogens is 833 g/mol. The number of aryl methyl sites for hydroxylation is 1. The lowest BCUT2D eigenvalue weighted by Crippen LogP contribution is -2.28. The lowest BCUT2D eigenvalue weighted by atomic mass is 9.81. The van der Waals surface area contributed by atoms with Crippen LogP contribution in [-0.4, -0.2) is 78.4 Å². The number of azide groups is 1. The standard InChI is InChI=1S/C44H54N8O8S2/c1-31-16-20-37-35(27-31)43(2,3)39(51(37)24-11-7-10-15-41(53)46-23-22-42(54)49-33-18-17-32(47-29-33)30-48-50-45)13-8-6-9-14-40-44(4,5)36-28-34(62(58,59)60)19-21-38(36)52(40)25-12-26-61(55,56)57/h6,8-9,13-14,16-21,27-29H,7,10-12,15,22-26,30H2,1-5H3,(H3-,46,49,53,54,55,56,57,58,59,60)/p+1. The summed E-state index contributed by atoms with van der Waals surface area (Å²) >= 11 is 0. The molecule has 18 heteroatoms. The van der Waals surface area contributed by atoms with E-state index in [4.69, 9.17) is 5.53 Å². The van der Waals surface area contributed by atoms with Crippen molar-refractivity contribution in [1.29, 1.82) is 0 Å². The maximum Gasteiger partial charge on any atom is 0.294 e. The zero-order valence-electron chi connectivity index (χ0n) is 35.7. The van der Waals surface area contributed by atoms with Gasteiger partial charge in [-0.2, -0.15) is 21.4 Å². The SMILES string of the molecule is Cc1ccc2c(c1)C(C)(C)C(=CC=CC=CC1=[N+](CCCS(=O)(=O)O)c3ccc(S(=O)(=O)O)cc3C1(C)C)N2CCCCCC(=O)NCCC(=O)Nc1ccc(CN=[N+]=[N-])nc1. The van der Waals surface area contributed by atoms with Crippen molar-refractivity contribution in [2.45, 2.75) is 95.4 Å². The first kappa shape index (κ1) is 47.4. The van der Waals surface area contributed by atoms with Gasteiger partial charge in [0.2, 0.25) is 17.5 Å². The van der Waals surface area contributed by atoms with Crippen molar-refractivity contribution in [2.24, 2.45) is 5.11 Å². The summed E-state index contributed by atoms with van der Waals surface area (Å²) in [6.45, 7) is 11.7. The molecule has 2 amide bonds. The lowest BCUT2D eigenvalue weighted by Gasteiger charge is -2.27. The summed E-state index contributed by atoms with van der Waals surface area (Å²) in [5.74, 6) is -0.803. The van der Waals surface area contributed by atoms with E-state index < -0.39 is 31.4 Å². The third-order valence-corrected chi connectivity index (χ3v) is 12.7. The number of carbonyl (C=O) groups is 2. The van der Waals surface area contributed by atoms with Gasteiger partial charge in [-0.15, -0.1) is 0 Å². The number of hydrogen-bond donors (Lipinski definition) is 4. The van der Waals surface area contributed by atoms with Crippen LogP contribution in [0.2, 0.25) is 0 Å². The summed E-state index contributed by atoms with van der Waals surface area (Å²) in [7, 11) is -8.65. The third kappa shape index (κ3) is 12.0. The van der Waals surface area contributed by atoms with Crippen molar-refractivity contribution < 1.29 is 40.1 Å². The molecule has 0 bridgehead atoms. The fourth-order valence-corrected chi connectivity index (χ4v) is 8.91. The number of fused-ring (bicyclic) bond motifs is 2. The van der Waals surface area contributed by atoms with Crippen molar-refractivity contribution in [2.75, 3.05) is 35.6 Å². The number of carbonyl (C=O) groups excluding carboxylic acids is 2. The smallest absolute Gasteiger partial charge is 0.294 e. The van der Waals surface area contributed by atoms with E-state index >= 15 is 0 Å². The largest absolute Gasteiger partial charge is 0.356 e. The highest BCUT2D eigenvalue weighted by molar-refractivity contribution is 7.86. The maximum atomic E-state index is 12.6. The van der Waals surface area contributed by atoms with Crippen molar-refractivity contribution >= 4 is 54.8 Å². The van der Waals surface area contributed by atoms with Gasteiger partial charge in [-0.05, 0) is 81.1 Å². The number of pyridine rings is 1. The molecular formula is C44H55N8O8S2+. The van der Waals surface area contributed by atoms with E-state index in [2.05, 4.69) is 75.6 Å². The molecule has 5 rings (SSSR count). The Morgan fingerprint density at radius 2 is 1.68 bits per heavy atom. The first-order valence-corrected chi connectivity index (χ1v) is 23.5. The number of anilines is 2. The molecule has 4 N–H and O–H groups in total. The van der Waals surface area contributed by atoms with Gasteiger partial charge in [-0.3, -0.25) is 23.7 Å². The number of unbranched alkanes of at least 4 members (excludes halogenated alkanes) is 2. The molecule has 0 saturated carbocycles. The van der Waals surface area contributed by atoms with Gasteiger partial charge in [0.05, 0.1) is 34.5 Å². The van der Waals surface area contributed by atoms with E-state index in [-0.39, 0.29) is 54.6 Å². The van der Waals surface area contributed by atoms with Gasteiger partial charge in [0.25, 0.3) is 20.2 Å². The Balaban J connectivity index is 1.20. The monoisotopic (exact) mass is 887 g/mol. The molecule has 0 unspecified atom stereocenters. The summed E-state index contributed by atoms with van der Waals surface area (Å²) in [6, 6.07) is 14.2. The second-order valence-electron chi connectivity index (χ2n) is 16.4. The molecule has 0 radical (unpaired) electrons. The minimum absolute atomic E-state index is 0.111. The van der Waals surface area contributed by atoms with Crippen molar-refractivity contribution in [3.63, 3.8) is 0 Å². The molecule has 3 aromatic rings. The Morgan fingerprint density at radius 3 is 2.37 bits per heavy atom. The van der Waals surface area contributed by atoms with E-state index in [9.17, 15) is 35.5 Å². The summed E-state index contributed by atoms with van der Waals surface area (Å²) in [5, 5.41) is 9.02. The van der Waals surface area contributed by atoms with Crippen LogP contribution in [0.4, 0.5) is 17.1 Å². The molecule has 16 nitrogen and oxygen atoms in total. The van der Waals surface area contributed by atoms with Gasteiger partial charge in [0.1, 0.15) is 6.54 Å². The quantitative estimate of drug-likeness (QED) is 0.0165. The van der Waals surface area contributed by atoms with Crippen LogP contribution in [0.1, 0.15) is 88.6 Å². The van der Waals surface area contributed by atoms with E-state index in [1.807, 2.05) is 42.7 Å². The highest BCUT2D eigenvalue weighted by atomic mass is 32.2. The van der Waals surface area contributed by atoms with Crippen LogP contribution in [-0.2, 0) is 47.2 Å². The summed E-state index contributed by atoms with van der Waals surface area (Å²) in [6.07, 6.45) is 14.2. The first-order chi connectivity index (χ1) is 29.2. The van der Waals surface area contributed by atoms with E-state index in [1.54, 1.807) is 18.2 Å². The molecule has 330 valence electrons. The number of nitrogens with zero attached hydrogens (tertiary/aromatic N) is 6. The predicted molar refractivity (Wildman–Crippen MR) is 240 cm³/mol. The fourth-order valence-electron chi connectivity index (χ4n) is 7.90. The van der Waals surface area contributed by atoms with E-state index in [0.717, 1.165) is 42.0 Å². The van der Waals surface area contributed by atoms with Gasteiger partial charge in [-0.1, -0.05) is 61.3 Å². The highest BCUT2D eigenvalue weighted by Gasteiger charge is 2.45. The number of aromatic nitrogens is 1. The average Bonchev–Trinajstić information content (AvgIpc) is 3.53. The molecule has 2 aliphatic heterocycles. The van der Waals surface area contributed by atoms with Crippen LogP contribution in [0.25, 0.3) is 10.4 Å². The third-order valence-electron chi connectivity index (χ3n) is 11.1. The van der Waals surface area contributed by atoms with Crippen LogP contribution in [0.15, 0.2) is 101 Å². The van der Waals surface area contributed by atoms with Gasteiger partial charge in [0, 0.05) is 77.5 Å². The number of rotatable bonds is 20. The van der Waals surface area contributed by atoms with Crippen LogP contribution >= 0.6 is 0 Å². The maximum absolute atomic E-state index is 12.6. The minimum Gasteiger partial charge on any atom is -0.356 e. The van der Waals surface area contributed by atoms with Gasteiger partial charge >= 0.3 is 0 Å².